The molecule has 2 nitrogen and oxygen atoms in total. The summed E-state index contributed by atoms with van der Waals surface area (Å²) in [7, 11) is 0. The standard InChI is InChI=1S/C16H25ClN2/c1-16(2,3)13-7-8-15(18-12-13)19-11-5-4-6-14(19)9-10-17/h7-8,12,14H,4-6,9-11H2,1-3H3. The normalized spacial score (nSPS) is 20.6. The summed E-state index contributed by atoms with van der Waals surface area (Å²) in [4.78, 5) is 7.13. The summed E-state index contributed by atoms with van der Waals surface area (Å²) in [6.07, 6.45) is 6.92. The van der Waals surface area contributed by atoms with Crippen LogP contribution in [0.15, 0.2) is 18.3 Å². The smallest absolute Gasteiger partial charge is 0.128 e. The molecule has 1 unspecified atom stereocenters. The third-order valence-corrected chi connectivity index (χ3v) is 4.20. The molecule has 0 saturated carbocycles. The van der Waals surface area contributed by atoms with Crippen LogP contribution in [0.3, 0.4) is 0 Å². The van der Waals surface area contributed by atoms with Gasteiger partial charge in [-0.2, -0.15) is 0 Å². The van der Waals surface area contributed by atoms with Crippen LogP contribution in [0, 0.1) is 0 Å². The summed E-state index contributed by atoms with van der Waals surface area (Å²) >= 11 is 5.93. The summed E-state index contributed by atoms with van der Waals surface area (Å²) < 4.78 is 0. The van der Waals surface area contributed by atoms with E-state index in [1.165, 1.54) is 24.8 Å². The summed E-state index contributed by atoms with van der Waals surface area (Å²) in [5.74, 6) is 1.85. The molecule has 1 saturated heterocycles. The van der Waals surface area contributed by atoms with Gasteiger partial charge in [-0.3, -0.25) is 0 Å². The average molecular weight is 281 g/mol. The monoisotopic (exact) mass is 280 g/mol. The Morgan fingerprint density at radius 1 is 1.32 bits per heavy atom. The molecule has 0 spiro atoms. The molecular weight excluding hydrogens is 256 g/mol. The minimum absolute atomic E-state index is 0.170. The van der Waals surface area contributed by atoms with Gasteiger partial charge in [-0.25, -0.2) is 4.98 Å². The van der Waals surface area contributed by atoms with E-state index < -0.39 is 0 Å². The molecule has 0 N–H and O–H groups in total. The number of halogens is 1. The van der Waals surface area contributed by atoms with Crippen LogP contribution in [0.25, 0.3) is 0 Å². The van der Waals surface area contributed by atoms with Crippen molar-refractivity contribution in [3.05, 3.63) is 23.9 Å². The number of rotatable bonds is 3. The zero-order valence-corrected chi connectivity index (χ0v) is 13.1. The van der Waals surface area contributed by atoms with Gasteiger partial charge in [0.25, 0.3) is 0 Å². The maximum atomic E-state index is 5.93. The summed E-state index contributed by atoms with van der Waals surface area (Å²) in [5.41, 5.74) is 1.46. The van der Waals surface area contributed by atoms with E-state index in [-0.39, 0.29) is 5.41 Å². The van der Waals surface area contributed by atoms with E-state index in [1.807, 2.05) is 6.20 Å². The third-order valence-electron chi connectivity index (χ3n) is 3.98. The second kappa shape index (κ2) is 6.13. The van der Waals surface area contributed by atoms with Gasteiger partial charge in [0.15, 0.2) is 0 Å². The Hall–Kier alpha value is -0.760. The van der Waals surface area contributed by atoms with E-state index >= 15 is 0 Å². The molecule has 1 aromatic rings. The topological polar surface area (TPSA) is 16.1 Å². The van der Waals surface area contributed by atoms with Crippen molar-refractivity contribution in [1.29, 1.82) is 0 Å². The third kappa shape index (κ3) is 3.62. The number of piperidine rings is 1. The van der Waals surface area contributed by atoms with E-state index in [1.54, 1.807) is 0 Å². The number of nitrogens with zero attached hydrogens (tertiary/aromatic N) is 2. The Kier molecular flexibility index (Phi) is 4.72. The molecule has 2 rings (SSSR count). The van der Waals surface area contributed by atoms with Crippen LogP contribution in [-0.2, 0) is 5.41 Å². The van der Waals surface area contributed by atoms with Gasteiger partial charge < -0.3 is 4.90 Å². The fourth-order valence-corrected chi connectivity index (χ4v) is 2.98. The number of pyridine rings is 1. The van der Waals surface area contributed by atoms with E-state index in [2.05, 4.69) is 42.8 Å². The summed E-state index contributed by atoms with van der Waals surface area (Å²) in [6, 6.07) is 4.96. The highest BCUT2D eigenvalue weighted by molar-refractivity contribution is 6.17. The molecule has 2 heterocycles. The first-order chi connectivity index (χ1) is 9.02. The molecule has 19 heavy (non-hydrogen) atoms. The minimum Gasteiger partial charge on any atom is -0.354 e. The Labute approximate surface area is 122 Å². The van der Waals surface area contributed by atoms with Gasteiger partial charge in [0.2, 0.25) is 0 Å². The fraction of sp³-hybridized carbons (Fsp3) is 0.688. The van der Waals surface area contributed by atoms with Gasteiger partial charge in [0.05, 0.1) is 0 Å². The van der Waals surface area contributed by atoms with Gasteiger partial charge in [-0.15, -0.1) is 11.6 Å². The average Bonchev–Trinajstić information content (AvgIpc) is 2.39. The number of alkyl halides is 1. The second-order valence-corrected chi connectivity index (χ2v) is 6.85. The van der Waals surface area contributed by atoms with Crippen LogP contribution >= 0.6 is 11.6 Å². The van der Waals surface area contributed by atoms with Crippen molar-refractivity contribution in [2.75, 3.05) is 17.3 Å². The van der Waals surface area contributed by atoms with Crippen LogP contribution in [0.5, 0.6) is 0 Å². The maximum Gasteiger partial charge on any atom is 0.128 e. The Bertz CT molecular complexity index is 392. The van der Waals surface area contributed by atoms with E-state index in [4.69, 9.17) is 11.6 Å². The highest BCUT2D eigenvalue weighted by atomic mass is 35.5. The molecule has 1 atom stereocenters. The largest absolute Gasteiger partial charge is 0.354 e. The van der Waals surface area contributed by atoms with Crippen LogP contribution in [0.1, 0.15) is 52.0 Å². The molecule has 1 fully saturated rings. The van der Waals surface area contributed by atoms with Crippen LogP contribution < -0.4 is 4.90 Å². The Balaban J connectivity index is 2.15. The quantitative estimate of drug-likeness (QED) is 0.765. The van der Waals surface area contributed by atoms with Crippen molar-refractivity contribution in [2.24, 2.45) is 0 Å². The Morgan fingerprint density at radius 3 is 2.68 bits per heavy atom. The lowest BCUT2D eigenvalue weighted by Gasteiger charge is -2.36. The number of hydrogen-bond donors (Lipinski definition) is 0. The predicted octanol–water partition coefficient (Wildman–Crippen LogP) is 4.37. The van der Waals surface area contributed by atoms with Gasteiger partial charge in [-0.05, 0) is 42.7 Å². The molecule has 0 radical (unpaired) electrons. The molecule has 0 aromatic carbocycles. The van der Waals surface area contributed by atoms with Gasteiger partial charge >= 0.3 is 0 Å². The van der Waals surface area contributed by atoms with Crippen molar-refractivity contribution >= 4 is 17.4 Å². The SMILES string of the molecule is CC(C)(C)c1ccc(N2CCCCC2CCCl)nc1. The second-order valence-electron chi connectivity index (χ2n) is 6.48. The summed E-state index contributed by atoms with van der Waals surface area (Å²) in [6.45, 7) is 7.78. The summed E-state index contributed by atoms with van der Waals surface area (Å²) in [5, 5.41) is 0. The number of hydrogen-bond acceptors (Lipinski definition) is 2. The van der Waals surface area contributed by atoms with Crippen molar-refractivity contribution < 1.29 is 0 Å². The molecule has 0 bridgehead atoms. The fourth-order valence-electron chi connectivity index (χ4n) is 2.73. The molecular formula is C16H25ClN2. The predicted molar refractivity (Wildman–Crippen MR) is 83.3 cm³/mol. The van der Waals surface area contributed by atoms with E-state index in [0.29, 0.717) is 6.04 Å². The van der Waals surface area contributed by atoms with Crippen LogP contribution in [0.2, 0.25) is 0 Å². The molecule has 3 heteroatoms. The minimum atomic E-state index is 0.170. The number of anilines is 1. The molecule has 0 amide bonds. The van der Waals surface area contributed by atoms with Gasteiger partial charge in [0, 0.05) is 24.7 Å². The lowest BCUT2D eigenvalue weighted by atomic mass is 9.88. The van der Waals surface area contributed by atoms with Gasteiger partial charge in [-0.1, -0.05) is 26.8 Å². The first-order valence-electron chi connectivity index (χ1n) is 7.31. The molecule has 106 valence electrons. The lowest BCUT2D eigenvalue weighted by Crippen LogP contribution is -2.40. The van der Waals surface area contributed by atoms with E-state index in [9.17, 15) is 0 Å². The van der Waals surface area contributed by atoms with Crippen molar-refractivity contribution in [3.8, 4) is 0 Å². The van der Waals surface area contributed by atoms with Gasteiger partial charge in [0.1, 0.15) is 5.82 Å². The van der Waals surface area contributed by atoms with Crippen molar-refractivity contribution in [1.82, 2.24) is 4.98 Å². The lowest BCUT2D eigenvalue weighted by molar-refractivity contribution is 0.448. The Morgan fingerprint density at radius 2 is 2.11 bits per heavy atom. The number of aromatic nitrogens is 1. The maximum absolute atomic E-state index is 5.93. The van der Waals surface area contributed by atoms with Crippen molar-refractivity contribution in [3.63, 3.8) is 0 Å². The highest BCUT2D eigenvalue weighted by Gasteiger charge is 2.23. The zero-order chi connectivity index (χ0) is 13.9. The zero-order valence-electron chi connectivity index (χ0n) is 12.3. The van der Waals surface area contributed by atoms with Crippen LogP contribution in [-0.4, -0.2) is 23.5 Å². The molecule has 1 aliphatic heterocycles. The highest BCUT2D eigenvalue weighted by Crippen LogP contribution is 2.27. The van der Waals surface area contributed by atoms with Crippen molar-refractivity contribution in [2.45, 2.75) is 57.9 Å². The molecule has 0 aliphatic carbocycles. The molecule has 1 aromatic heterocycles. The first kappa shape index (κ1) is 14.6. The molecule has 1 aliphatic rings. The first-order valence-corrected chi connectivity index (χ1v) is 7.85. The van der Waals surface area contributed by atoms with E-state index in [0.717, 1.165) is 24.7 Å². The van der Waals surface area contributed by atoms with Crippen LogP contribution in [0.4, 0.5) is 5.82 Å².